The molecule has 0 fully saturated rings. The molecule has 0 amide bonds. The van der Waals surface area contributed by atoms with Crippen LogP contribution in [-0.4, -0.2) is 41.1 Å². The summed E-state index contributed by atoms with van der Waals surface area (Å²) in [4.78, 5) is 62.9. The lowest BCUT2D eigenvalue weighted by Crippen LogP contribution is -2.46. The molecule has 69 heavy (non-hydrogen) atoms. The van der Waals surface area contributed by atoms with Gasteiger partial charge in [0, 0.05) is 70.3 Å². The first-order chi connectivity index (χ1) is 32.0. The molecule has 2 unspecified atom stereocenters. The zero-order valence-corrected chi connectivity index (χ0v) is 47.8. The Bertz CT molecular complexity index is 3390. The maximum absolute atomic E-state index is 13.8. The highest BCUT2D eigenvalue weighted by Crippen LogP contribution is 2.49. The molecular weight excluding hydrogens is 1090 g/mol. The molecule has 2 atom stereocenters. The number of ether oxygens (including phenoxy) is 1. The van der Waals surface area contributed by atoms with Gasteiger partial charge in [-0.05, 0) is 197 Å². The second kappa shape index (κ2) is 17.8. The Hall–Kier alpha value is -4.32. The monoisotopic (exact) mass is 1160 g/mol. The van der Waals surface area contributed by atoms with Gasteiger partial charge in [-0.2, -0.15) is 0 Å². The summed E-state index contributed by atoms with van der Waals surface area (Å²) >= 11 is 4.24. The third kappa shape index (κ3) is 7.42. The molecule has 2 N–H and O–H groups in total. The summed E-state index contributed by atoms with van der Waals surface area (Å²) in [7, 11) is 0. The van der Waals surface area contributed by atoms with E-state index < -0.39 is 28.0 Å². The van der Waals surface area contributed by atoms with Crippen LogP contribution < -0.4 is 11.1 Å². The number of carbonyl (C=O) groups excluding carboxylic acids is 2. The van der Waals surface area contributed by atoms with Crippen molar-refractivity contribution in [1.82, 2.24) is 19.1 Å². The number of aliphatic hydroxyl groups is 2. The van der Waals surface area contributed by atoms with E-state index in [0.29, 0.717) is 41.8 Å². The van der Waals surface area contributed by atoms with E-state index in [0.717, 1.165) is 78.0 Å². The average Bonchev–Trinajstić information content (AvgIpc) is 3.86. The highest BCUT2D eigenvalue weighted by Gasteiger charge is 2.53. The van der Waals surface area contributed by atoms with Crippen molar-refractivity contribution in [2.75, 3.05) is 0 Å². The molecule has 3 aliphatic rings. The number of aryl methyl sites for hydroxylation is 6. The maximum atomic E-state index is 13.8. The number of ketones is 1. The minimum atomic E-state index is -1.58. The number of carbonyl (C=O) groups is 2. The topological polar surface area (TPSA) is 154 Å². The Morgan fingerprint density at radius 3 is 1.57 bits per heavy atom. The van der Waals surface area contributed by atoms with E-state index in [9.17, 15) is 29.4 Å². The van der Waals surface area contributed by atoms with E-state index in [1.807, 2.05) is 25.3 Å². The molecule has 0 radical (unpaired) electrons. The quantitative estimate of drug-likeness (QED) is 0.129. The Morgan fingerprint density at radius 1 is 0.696 bits per heavy atom. The first-order valence-electron chi connectivity index (χ1n) is 23.6. The van der Waals surface area contributed by atoms with Gasteiger partial charge in [-0.25, -0.2) is 9.97 Å². The van der Waals surface area contributed by atoms with E-state index in [1.54, 1.807) is 46.1 Å². The number of hydrogen-bond donors (Lipinski definition) is 2. The van der Waals surface area contributed by atoms with Crippen molar-refractivity contribution in [2.24, 2.45) is 10.8 Å². The van der Waals surface area contributed by atoms with Crippen LogP contribution in [0.3, 0.4) is 0 Å². The van der Waals surface area contributed by atoms with E-state index in [4.69, 9.17) is 14.7 Å². The number of nitrogens with zero attached hydrogens (tertiary/aromatic N) is 4. The summed E-state index contributed by atoms with van der Waals surface area (Å²) in [6, 6.07) is 4.23. The van der Waals surface area contributed by atoms with Crippen molar-refractivity contribution in [1.29, 1.82) is 0 Å². The molecule has 4 aromatic heterocycles. The average molecular weight is 1160 g/mol. The molecule has 7 heterocycles. The molecule has 366 valence electrons. The second-order valence-electron chi connectivity index (χ2n) is 21.1. The lowest BCUT2D eigenvalue weighted by atomic mass is 9.67. The van der Waals surface area contributed by atoms with Gasteiger partial charge in [0.1, 0.15) is 18.0 Å². The third-order valence-electron chi connectivity index (χ3n) is 17.2. The Morgan fingerprint density at radius 2 is 1.13 bits per heavy atom. The Balaban J connectivity index is 0.000000197. The van der Waals surface area contributed by atoms with Crippen LogP contribution in [0.15, 0.2) is 21.7 Å². The van der Waals surface area contributed by atoms with Gasteiger partial charge in [-0.15, -0.1) is 0 Å². The first-order valence-corrected chi connectivity index (χ1v) is 29.9. The number of benzene rings is 2. The minimum absolute atomic E-state index is 0.108. The minimum Gasteiger partial charge on any atom is -0.460 e. The highest BCUT2D eigenvalue weighted by molar-refractivity contribution is 15.0. The van der Waals surface area contributed by atoms with Crippen molar-refractivity contribution in [3.63, 3.8) is 0 Å². The van der Waals surface area contributed by atoms with E-state index in [-0.39, 0.29) is 23.5 Å². The third-order valence-corrected chi connectivity index (χ3v) is 17.2. The lowest BCUT2D eigenvalue weighted by molar-refractivity contribution is -0.169. The van der Waals surface area contributed by atoms with Crippen LogP contribution in [0.2, 0.25) is 0 Å². The summed E-state index contributed by atoms with van der Waals surface area (Å²) in [6.07, 6.45) is 0.474. The van der Waals surface area contributed by atoms with E-state index in [1.165, 1.54) is 40.3 Å². The zero-order valence-electron chi connectivity index (χ0n) is 43.5. The van der Waals surface area contributed by atoms with Gasteiger partial charge in [-0.3, -0.25) is 19.2 Å². The van der Waals surface area contributed by atoms with Crippen LogP contribution in [0.4, 0.5) is 0 Å². The second-order valence-corrected chi connectivity index (χ2v) is 21.1. The van der Waals surface area contributed by atoms with Crippen molar-refractivity contribution in [3.05, 3.63) is 122 Å². The van der Waals surface area contributed by atoms with Crippen LogP contribution in [0.25, 0.3) is 44.6 Å². The first kappa shape index (κ1) is 52.5. The van der Waals surface area contributed by atoms with E-state index >= 15 is 0 Å². The van der Waals surface area contributed by atoms with Crippen LogP contribution in [0.5, 0.6) is 0 Å². The van der Waals surface area contributed by atoms with E-state index in [2.05, 4.69) is 105 Å². The predicted molar refractivity (Wildman–Crippen MR) is 293 cm³/mol. The molecule has 6 aromatic rings. The molecule has 0 aliphatic carbocycles. The van der Waals surface area contributed by atoms with Gasteiger partial charge in [-0.1, -0.05) is 6.92 Å². The molecule has 0 bridgehead atoms. The number of pyridine rings is 4. The van der Waals surface area contributed by atoms with Crippen molar-refractivity contribution < 1.29 is 24.5 Å². The van der Waals surface area contributed by atoms with Crippen LogP contribution >= 0.6 is 37.2 Å². The SMILES string of the molecule is CCc1c(C(C)(O)C(C)(C)C(C)=O)c(C)c2n(c1=O)Cc1c-2nc2cc(C)c(C)c(C)c2c1C.Cc1cc2nc3c(c(C)c2c(C)c1C)Cn1c-3c(C)c2c(c1=O)COC(=O)C(C)(C)C2(C)O.II. The molecule has 2 aromatic carbocycles. The fourth-order valence-electron chi connectivity index (χ4n) is 11.4. The zero-order chi connectivity index (χ0) is 51.7. The molecule has 13 heteroatoms. The summed E-state index contributed by atoms with van der Waals surface area (Å²) in [6.45, 7) is 35.0. The largest absolute Gasteiger partial charge is 0.460 e. The Kier molecular flexibility index (Phi) is 13.5. The molecule has 11 nitrogen and oxygen atoms in total. The van der Waals surface area contributed by atoms with Crippen LogP contribution in [0, 0.1) is 80.1 Å². The molecular formula is C56H66I2N4O7. The maximum Gasteiger partial charge on any atom is 0.315 e. The van der Waals surface area contributed by atoms with Gasteiger partial charge >= 0.3 is 5.97 Å². The van der Waals surface area contributed by atoms with Crippen LogP contribution in [0.1, 0.15) is 144 Å². The van der Waals surface area contributed by atoms with Crippen LogP contribution in [-0.2, 0) is 51.6 Å². The molecule has 9 rings (SSSR count). The number of fused-ring (bicyclic) bond motifs is 9. The lowest BCUT2D eigenvalue weighted by Gasteiger charge is -2.40. The highest BCUT2D eigenvalue weighted by atomic mass is 128. The molecule has 0 saturated carbocycles. The smallest absolute Gasteiger partial charge is 0.315 e. The van der Waals surface area contributed by atoms with Gasteiger partial charge in [0.25, 0.3) is 11.1 Å². The summed E-state index contributed by atoms with van der Waals surface area (Å²) < 4.78 is 9.00. The number of cyclic esters (lactones) is 1. The van der Waals surface area contributed by atoms with Gasteiger partial charge in [0.2, 0.25) is 0 Å². The Labute approximate surface area is 428 Å². The fraction of sp³-hybridized carbons (Fsp3) is 0.464. The van der Waals surface area contributed by atoms with Gasteiger partial charge < -0.3 is 24.1 Å². The summed E-state index contributed by atoms with van der Waals surface area (Å²) in [5.74, 6) is -0.643. The standard InChI is InChI=1S/C29H36N2O3.C27H30N2O4.I2/c1-11-20-24(29(10,34)28(8,9)19(7)32)18(6)26-25-21(13-31(26)27(20)33)17(5)23-16(4)15(3)14(2)12-22(23)30-25;1-12-9-19-20(14(3)13(12)2)15(4)17-10-29-23(22(17)28-19)16(5)21-18(24(29)30)11-33-25(31)26(6,7)27(21,8)32;1-2/h12,34H,11,13H2,1-10H3;9,32H,10-11H2,1-8H3;. The number of aromatic nitrogens is 4. The van der Waals surface area contributed by atoms with Gasteiger partial charge in [0.05, 0.1) is 68.9 Å². The summed E-state index contributed by atoms with van der Waals surface area (Å²) in [5.41, 5.74) is 14.5. The van der Waals surface area contributed by atoms with Crippen molar-refractivity contribution in [3.8, 4) is 22.8 Å². The van der Waals surface area contributed by atoms with Crippen molar-refractivity contribution >= 4 is 70.8 Å². The normalized spacial score (nSPS) is 17.3. The molecule has 0 saturated heterocycles. The predicted octanol–water partition coefficient (Wildman–Crippen LogP) is 11.4. The number of Topliss-reactive ketones (excluding diaryl/α,β-unsaturated/α-hetero) is 1. The summed E-state index contributed by atoms with van der Waals surface area (Å²) in [5, 5.41) is 25.8. The molecule has 0 spiro atoms. The van der Waals surface area contributed by atoms with Crippen molar-refractivity contribution in [2.45, 2.75) is 162 Å². The number of halogens is 2. The van der Waals surface area contributed by atoms with Gasteiger partial charge in [0.15, 0.2) is 0 Å². The molecule has 3 aliphatic heterocycles. The number of esters is 1. The number of rotatable bonds is 4. The fourth-order valence-corrected chi connectivity index (χ4v) is 11.4. The number of hydrogen-bond acceptors (Lipinski definition) is 9.